The molecule has 0 aliphatic carbocycles. The van der Waals surface area contributed by atoms with Crippen molar-refractivity contribution in [3.8, 4) is 0 Å². The molecule has 0 heterocycles. The summed E-state index contributed by atoms with van der Waals surface area (Å²) in [5, 5.41) is 2.84. The number of amides is 1. The smallest absolute Gasteiger partial charge is 0.251 e. The molecule has 2 rings (SSSR count). The second kappa shape index (κ2) is 6.66. The third-order valence-electron chi connectivity index (χ3n) is 3.12. The molecule has 2 nitrogen and oxygen atoms in total. The van der Waals surface area contributed by atoms with Crippen molar-refractivity contribution in [1.29, 1.82) is 0 Å². The van der Waals surface area contributed by atoms with Crippen LogP contribution in [0.3, 0.4) is 0 Å². The zero-order chi connectivity index (χ0) is 14.5. The Morgan fingerprint density at radius 2 is 2.00 bits per heavy atom. The van der Waals surface area contributed by atoms with Crippen molar-refractivity contribution in [1.82, 2.24) is 5.32 Å². The summed E-state index contributed by atoms with van der Waals surface area (Å²) in [7, 11) is 0. The van der Waals surface area contributed by atoms with E-state index in [0.29, 0.717) is 16.6 Å². The van der Waals surface area contributed by atoms with Crippen LogP contribution < -0.4 is 5.32 Å². The fraction of sp³-hybridized carbons (Fsp3) is 0.188. The molecular weight excluding hydrogens is 321 g/mol. The second-order valence-electron chi connectivity index (χ2n) is 4.56. The van der Waals surface area contributed by atoms with E-state index in [2.05, 4.69) is 27.3 Å². The van der Waals surface area contributed by atoms with Gasteiger partial charge in [-0.25, -0.2) is 4.39 Å². The van der Waals surface area contributed by atoms with E-state index in [-0.39, 0.29) is 11.7 Å². The van der Waals surface area contributed by atoms with Crippen molar-refractivity contribution in [3.05, 3.63) is 69.4 Å². The van der Waals surface area contributed by atoms with Crippen LogP contribution in [0.4, 0.5) is 4.39 Å². The number of carbonyl (C=O) groups excluding carboxylic acids is 1. The molecule has 104 valence electrons. The molecule has 4 heteroatoms. The Morgan fingerprint density at radius 1 is 1.25 bits per heavy atom. The molecule has 1 N–H and O–H groups in total. The summed E-state index contributed by atoms with van der Waals surface area (Å²) in [5.74, 6) is -0.569. The van der Waals surface area contributed by atoms with Crippen molar-refractivity contribution < 1.29 is 9.18 Å². The number of rotatable bonds is 4. The standard InChI is InChI=1S/C16H15BrFNO/c1-11-4-2-3-5-12(11)8-9-19-16(20)13-6-7-15(18)14(17)10-13/h2-7,10H,8-9H2,1H3,(H,19,20). The lowest BCUT2D eigenvalue weighted by Gasteiger charge is -2.08. The first-order chi connectivity index (χ1) is 9.58. The minimum Gasteiger partial charge on any atom is -0.352 e. The van der Waals surface area contributed by atoms with E-state index < -0.39 is 0 Å². The van der Waals surface area contributed by atoms with Crippen LogP contribution in [0.1, 0.15) is 21.5 Å². The van der Waals surface area contributed by atoms with Gasteiger partial charge in [-0.1, -0.05) is 24.3 Å². The fourth-order valence-electron chi connectivity index (χ4n) is 1.94. The van der Waals surface area contributed by atoms with Crippen LogP contribution in [-0.2, 0) is 6.42 Å². The number of hydrogen-bond acceptors (Lipinski definition) is 1. The summed E-state index contributed by atoms with van der Waals surface area (Å²) in [5.41, 5.74) is 2.88. The van der Waals surface area contributed by atoms with Crippen LogP contribution in [0.5, 0.6) is 0 Å². The topological polar surface area (TPSA) is 29.1 Å². The van der Waals surface area contributed by atoms with Crippen molar-refractivity contribution in [2.24, 2.45) is 0 Å². The van der Waals surface area contributed by atoms with Crippen LogP contribution in [0.2, 0.25) is 0 Å². The van der Waals surface area contributed by atoms with Gasteiger partial charge in [0.2, 0.25) is 0 Å². The van der Waals surface area contributed by atoms with Gasteiger partial charge in [-0.05, 0) is 58.6 Å². The average Bonchev–Trinajstić information content (AvgIpc) is 2.44. The van der Waals surface area contributed by atoms with Gasteiger partial charge in [-0.3, -0.25) is 4.79 Å². The Balaban J connectivity index is 1.92. The van der Waals surface area contributed by atoms with E-state index >= 15 is 0 Å². The monoisotopic (exact) mass is 335 g/mol. The minimum atomic E-state index is -0.374. The number of halogens is 2. The van der Waals surface area contributed by atoms with Crippen LogP contribution >= 0.6 is 15.9 Å². The molecule has 2 aromatic carbocycles. The molecule has 1 amide bonds. The molecule has 0 aliphatic rings. The first-order valence-corrected chi connectivity index (χ1v) is 7.15. The second-order valence-corrected chi connectivity index (χ2v) is 5.42. The van der Waals surface area contributed by atoms with Crippen molar-refractivity contribution >= 4 is 21.8 Å². The summed E-state index contributed by atoms with van der Waals surface area (Å²) < 4.78 is 13.4. The normalized spacial score (nSPS) is 10.3. The molecule has 0 spiro atoms. The summed E-state index contributed by atoms with van der Waals surface area (Å²) >= 11 is 3.07. The summed E-state index contributed by atoms with van der Waals surface area (Å²) in [6.45, 7) is 2.60. The predicted octanol–water partition coefficient (Wildman–Crippen LogP) is 3.87. The van der Waals surface area contributed by atoms with Gasteiger partial charge in [0.1, 0.15) is 5.82 Å². The molecule has 0 fully saturated rings. The lowest BCUT2D eigenvalue weighted by molar-refractivity contribution is 0.0954. The molecule has 0 aliphatic heterocycles. The van der Waals surface area contributed by atoms with Crippen LogP contribution in [-0.4, -0.2) is 12.5 Å². The van der Waals surface area contributed by atoms with E-state index in [0.717, 1.165) is 6.42 Å². The molecule has 0 aromatic heterocycles. The van der Waals surface area contributed by atoms with Crippen LogP contribution in [0.15, 0.2) is 46.9 Å². The molecule has 0 bridgehead atoms. The van der Waals surface area contributed by atoms with Gasteiger partial charge in [-0.2, -0.15) is 0 Å². The summed E-state index contributed by atoms with van der Waals surface area (Å²) in [4.78, 5) is 11.9. The maximum Gasteiger partial charge on any atom is 0.251 e. The Bertz CT molecular complexity index is 628. The number of aryl methyl sites for hydroxylation is 1. The van der Waals surface area contributed by atoms with E-state index in [1.165, 1.54) is 29.3 Å². The van der Waals surface area contributed by atoms with Gasteiger partial charge in [0.15, 0.2) is 0 Å². The first kappa shape index (κ1) is 14.7. The van der Waals surface area contributed by atoms with E-state index in [1.54, 1.807) is 0 Å². The average molecular weight is 336 g/mol. The Labute approximate surface area is 126 Å². The highest BCUT2D eigenvalue weighted by molar-refractivity contribution is 9.10. The maximum absolute atomic E-state index is 13.1. The van der Waals surface area contributed by atoms with E-state index in [9.17, 15) is 9.18 Å². The lowest BCUT2D eigenvalue weighted by atomic mass is 10.1. The SMILES string of the molecule is Cc1ccccc1CCNC(=O)c1ccc(F)c(Br)c1. The maximum atomic E-state index is 13.1. The Hall–Kier alpha value is -1.68. The highest BCUT2D eigenvalue weighted by atomic mass is 79.9. The molecule has 0 atom stereocenters. The highest BCUT2D eigenvalue weighted by Gasteiger charge is 2.08. The van der Waals surface area contributed by atoms with E-state index in [4.69, 9.17) is 0 Å². The molecule has 20 heavy (non-hydrogen) atoms. The molecule has 0 unspecified atom stereocenters. The van der Waals surface area contributed by atoms with Gasteiger partial charge in [0.05, 0.1) is 4.47 Å². The van der Waals surface area contributed by atoms with Crippen LogP contribution in [0, 0.1) is 12.7 Å². The van der Waals surface area contributed by atoms with Gasteiger partial charge in [0, 0.05) is 12.1 Å². The van der Waals surface area contributed by atoms with Gasteiger partial charge >= 0.3 is 0 Å². The first-order valence-electron chi connectivity index (χ1n) is 6.35. The third-order valence-corrected chi connectivity index (χ3v) is 3.73. The lowest BCUT2D eigenvalue weighted by Crippen LogP contribution is -2.25. The van der Waals surface area contributed by atoms with Crippen LogP contribution in [0.25, 0.3) is 0 Å². The Kier molecular flexibility index (Phi) is 4.90. The van der Waals surface area contributed by atoms with Crippen molar-refractivity contribution in [2.45, 2.75) is 13.3 Å². The number of hydrogen-bond donors (Lipinski definition) is 1. The molecule has 0 saturated carbocycles. The highest BCUT2D eigenvalue weighted by Crippen LogP contribution is 2.16. The molecule has 0 saturated heterocycles. The minimum absolute atomic E-state index is 0.195. The molecule has 0 radical (unpaired) electrons. The summed E-state index contributed by atoms with van der Waals surface area (Å²) in [6.07, 6.45) is 0.779. The zero-order valence-electron chi connectivity index (χ0n) is 11.1. The quantitative estimate of drug-likeness (QED) is 0.902. The molecular formula is C16H15BrFNO. The fourth-order valence-corrected chi connectivity index (χ4v) is 2.32. The van der Waals surface area contributed by atoms with Crippen molar-refractivity contribution in [2.75, 3.05) is 6.54 Å². The van der Waals surface area contributed by atoms with Gasteiger partial charge in [-0.15, -0.1) is 0 Å². The number of carbonyl (C=O) groups is 1. The summed E-state index contributed by atoms with van der Waals surface area (Å²) in [6, 6.07) is 12.3. The van der Waals surface area contributed by atoms with E-state index in [1.807, 2.05) is 25.1 Å². The largest absolute Gasteiger partial charge is 0.352 e. The Morgan fingerprint density at radius 3 is 2.70 bits per heavy atom. The third kappa shape index (κ3) is 3.67. The van der Waals surface area contributed by atoms with Crippen molar-refractivity contribution in [3.63, 3.8) is 0 Å². The predicted molar refractivity (Wildman–Crippen MR) is 81.3 cm³/mol. The number of benzene rings is 2. The van der Waals surface area contributed by atoms with Gasteiger partial charge < -0.3 is 5.32 Å². The number of nitrogens with one attached hydrogen (secondary N) is 1. The zero-order valence-corrected chi connectivity index (χ0v) is 12.7. The molecule has 2 aromatic rings. The van der Waals surface area contributed by atoms with Gasteiger partial charge in [0.25, 0.3) is 5.91 Å².